The fourth-order valence-corrected chi connectivity index (χ4v) is 2.24. The number of hydrogen-bond donors (Lipinski definition) is 1. The zero-order valence-electron chi connectivity index (χ0n) is 12.3. The van der Waals surface area contributed by atoms with E-state index in [-0.39, 0.29) is 24.8 Å². The van der Waals surface area contributed by atoms with Gasteiger partial charge < -0.3 is 10.5 Å². The molecule has 1 aromatic rings. The quantitative estimate of drug-likeness (QED) is 0.516. The molecule has 7 heteroatoms. The molecule has 1 aromatic carbocycles. The fourth-order valence-electron chi connectivity index (χ4n) is 1.78. The van der Waals surface area contributed by atoms with E-state index in [1.165, 1.54) is 0 Å². The van der Waals surface area contributed by atoms with Crippen LogP contribution in [0.5, 0.6) is 5.75 Å². The lowest BCUT2D eigenvalue weighted by Gasteiger charge is -2.19. The molecule has 22 heavy (non-hydrogen) atoms. The minimum absolute atomic E-state index is 0. The van der Waals surface area contributed by atoms with Crippen molar-refractivity contribution in [2.24, 2.45) is 5.73 Å². The molecule has 0 fully saturated rings. The van der Waals surface area contributed by atoms with E-state index in [0.29, 0.717) is 35.5 Å². The second kappa shape index (κ2) is 14.3. The molecule has 1 rings (SSSR count). The van der Waals surface area contributed by atoms with Crippen molar-refractivity contribution in [1.29, 1.82) is 0 Å². The van der Waals surface area contributed by atoms with E-state index in [0.717, 1.165) is 25.9 Å². The smallest absolute Gasteiger partial charge is 0.137 e. The average Bonchev–Trinajstić information content (AvgIpc) is 2.42. The van der Waals surface area contributed by atoms with Gasteiger partial charge in [0.05, 0.1) is 18.2 Å². The van der Waals surface area contributed by atoms with Gasteiger partial charge in [0.1, 0.15) is 5.75 Å². The Bertz CT molecular complexity index is 452. The zero-order valence-corrected chi connectivity index (χ0v) is 15.4. The zero-order chi connectivity index (χ0) is 14.8. The maximum absolute atomic E-state index is 6.03. The molecule has 0 spiro atoms. The van der Waals surface area contributed by atoms with Crippen LogP contribution < -0.4 is 10.5 Å². The van der Waals surface area contributed by atoms with Gasteiger partial charge in [0.25, 0.3) is 0 Å². The molecule has 0 aliphatic heterocycles. The standard InChI is InChI=1S/C15H20Cl2N2O.2ClH/c1-2-8-19(9-3-7-18)10-4-11-20-15-6-5-13(16)12-14(15)17;;/h1,5-6,12H,3-4,7-11,18H2;2*1H. The van der Waals surface area contributed by atoms with Crippen molar-refractivity contribution in [2.45, 2.75) is 12.8 Å². The number of benzene rings is 1. The van der Waals surface area contributed by atoms with E-state index < -0.39 is 0 Å². The van der Waals surface area contributed by atoms with Gasteiger partial charge in [-0.3, -0.25) is 4.90 Å². The normalized spacial score (nSPS) is 9.59. The van der Waals surface area contributed by atoms with Crippen LogP contribution in [-0.4, -0.2) is 37.7 Å². The number of nitrogens with two attached hydrogens (primary N) is 1. The number of terminal acetylenes is 1. The van der Waals surface area contributed by atoms with Crippen molar-refractivity contribution in [1.82, 2.24) is 4.90 Å². The maximum atomic E-state index is 6.03. The highest BCUT2D eigenvalue weighted by Crippen LogP contribution is 2.27. The molecule has 0 saturated heterocycles. The summed E-state index contributed by atoms with van der Waals surface area (Å²) >= 11 is 11.9. The average molecular weight is 388 g/mol. The Morgan fingerprint density at radius 2 is 1.86 bits per heavy atom. The van der Waals surface area contributed by atoms with Gasteiger partial charge in [0.15, 0.2) is 0 Å². The van der Waals surface area contributed by atoms with Crippen molar-refractivity contribution < 1.29 is 4.74 Å². The molecule has 0 saturated carbocycles. The summed E-state index contributed by atoms with van der Waals surface area (Å²) in [5.74, 6) is 3.31. The maximum Gasteiger partial charge on any atom is 0.137 e. The monoisotopic (exact) mass is 386 g/mol. The first-order valence-corrected chi connectivity index (χ1v) is 7.36. The molecule has 0 atom stereocenters. The molecule has 0 aliphatic rings. The Morgan fingerprint density at radius 1 is 1.18 bits per heavy atom. The highest BCUT2D eigenvalue weighted by atomic mass is 35.5. The lowest BCUT2D eigenvalue weighted by molar-refractivity contribution is 0.250. The Hall–Kier alpha value is -0.340. The van der Waals surface area contributed by atoms with Crippen LogP contribution in [0.4, 0.5) is 0 Å². The van der Waals surface area contributed by atoms with Gasteiger partial charge in [-0.05, 0) is 37.6 Å². The molecular weight excluding hydrogens is 366 g/mol. The van der Waals surface area contributed by atoms with E-state index in [2.05, 4.69) is 10.8 Å². The van der Waals surface area contributed by atoms with Crippen LogP contribution in [0.15, 0.2) is 18.2 Å². The summed E-state index contributed by atoms with van der Waals surface area (Å²) in [5, 5.41) is 1.13. The molecule has 0 heterocycles. The summed E-state index contributed by atoms with van der Waals surface area (Å²) in [6, 6.07) is 5.21. The molecule has 0 radical (unpaired) electrons. The summed E-state index contributed by atoms with van der Waals surface area (Å²) in [6.45, 7) is 3.71. The number of rotatable bonds is 9. The summed E-state index contributed by atoms with van der Waals surface area (Å²) < 4.78 is 5.63. The molecule has 0 unspecified atom stereocenters. The molecule has 3 nitrogen and oxygen atoms in total. The summed E-state index contributed by atoms with van der Waals surface area (Å²) in [4.78, 5) is 2.19. The third-order valence-corrected chi connectivity index (χ3v) is 3.29. The summed E-state index contributed by atoms with van der Waals surface area (Å²) in [6.07, 6.45) is 7.18. The molecule has 0 amide bonds. The Morgan fingerprint density at radius 3 is 2.45 bits per heavy atom. The molecular formula is C15H22Cl4N2O. The first kappa shape index (κ1) is 23.9. The molecule has 126 valence electrons. The lowest BCUT2D eigenvalue weighted by Crippen LogP contribution is -2.28. The van der Waals surface area contributed by atoms with Crippen molar-refractivity contribution in [3.63, 3.8) is 0 Å². The molecule has 2 N–H and O–H groups in total. The Labute approximate surface area is 155 Å². The number of hydrogen-bond acceptors (Lipinski definition) is 3. The molecule has 0 aliphatic carbocycles. The van der Waals surface area contributed by atoms with Gasteiger partial charge in [-0.25, -0.2) is 0 Å². The van der Waals surface area contributed by atoms with Gasteiger partial charge in [-0.15, -0.1) is 31.2 Å². The van der Waals surface area contributed by atoms with Crippen molar-refractivity contribution in [2.75, 3.05) is 32.8 Å². The van der Waals surface area contributed by atoms with E-state index in [4.69, 9.17) is 40.1 Å². The third-order valence-electron chi connectivity index (χ3n) is 2.76. The van der Waals surface area contributed by atoms with E-state index >= 15 is 0 Å². The van der Waals surface area contributed by atoms with Crippen LogP contribution in [0.25, 0.3) is 0 Å². The van der Waals surface area contributed by atoms with Crippen molar-refractivity contribution in [3.8, 4) is 18.1 Å². The SMILES string of the molecule is C#CCN(CCCN)CCCOc1ccc(Cl)cc1Cl.Cl.Cl. The van der Waals surface area contributed by atoms with Crippen LogP contribution in [0.2, 0.25) is 10.0 Å². The van der Waals surface area contributed by atoms with Gasteiger partial charge in [0, 0.05) is 18.1 Å². The van der Waals surface area contributed by atoms with Crippen LogP contribution >= 0.6 is 48.0 Å². The van der Waals surface area contributed by atoms with E-state index in [1.807, 2.05) is 0 Å². The van der Waals surface area contributed by atoms with E-state index in [1.54, 1.807) is 18.2 Å². The minimum Gasteiger partial charge on any atom is -0.492 e. The second-order valence-electron chi connectivity index (χ2n) is 4.40. The molecule has 0 bridgehead atoms. The topological polar surface area (TPSA) is 38.5 Å². The first-order valence-electron chi connectivity index (χ1n) is 6.61. The van der Waals surface area contributed by atoms with Crippen molar-refractivity contribution in [3.05, 3.63) is 28.2 Å². The third kappa shape index (κ3) is 9.63. The predicted molar refractivity (Wildman–Crippen MR) is 100 cm³/mol. The Kier molecular flexibility index (Phi) is 15.5. The summed E-state index contributed by atoms with van der Waals surface area (Å²) in [7, 11) is 0. The number of nitrogens with zero attached hydrogens (tertiary/aromatic N) is 1. The minimum atomic E-state index is 0. The number of ether oxygens (including phenoxy) is 1. The predicted octanol–water partition coefficient (Wildman–Crippen LogP) is 3.89. The lowest BCUT2D eigenvalue weighted by atomic mass is 10.3. The highest BCUT2D eigenvalue weighted by Gasteiger charge is 2.05. The van der Waals surface area contributed by atoms with Crippen LogP contribution in [0, 0.1) is 12.3 Å². The fraction of sp³-hybridized carbons (Fsp3) is 0.467. The highest BCUT2D eigenvalue weighted by molar-refractivity contribution is 6.35. The Balaban J connectivity index is 0. The second-order valence-corrected chi connectivity index (χ2v) is 5.24. The largest absolute Gasteiger partial charge is 0.492 e. The first-order chi connectivity index (χ1) is 9.67. The van der Waals surface area contributed by atoms with Crippen molar-refractivity contribution >= 4 is 48.0 Å². The van der Waals surface area contributed by atoms with Gasteiger partial charge in [0.2, 0.25) is 0 Å². The number of halogens is 4. The van der Waals surface area contributed by atoms with Gasteiger partial charge >= 0.3 is 0 Å². The van der Waals surface area contributed by atoms with Crippen LogP contribution in [-0.2, 0) is 0 Å². The van der Waals surface area contributed by atoms with Crippen LogP contribution in [0.1, 0.15) is 12.8 Å². The van der Waals surface area contributed by atoms with Crippen LogP contribution in [0.3, 0.4) is 0 Å². The molecule has 0 aromatic heterocycles. The van der Waals surface area contributed by atoms with E-state index in [9.17, 15) is 0 Å². The van der Waals surface area contributed by atoms with Gasteiger partial charge in [-0.2, -0.15) is 0 Å². The summed E-state index contributed by atoms with van der Waals surface area (Å²) in [5.41, 5.74) is 5.50. The van der Waals surface area contributed by atoms with Gasteiger partial charge in [-0.1, -0.05) is 29.1 Å².